The number of piperidine rings is 1. The Kier molecular flexibility index (Phi) is 5.08. The summed E-state index contributed by atoms with van der Waals surface area (Å²) in [4.78, 5) is 24.1. The molecule has 3 aromatic heterocycles. The normalized spacial score (nSPS) is 16.3. The summed E-state index contributed by atoms with van der Waals surface area (Å²) in [5.74, 6) is 0.665. The molecule has 1 fully saturated rings. The standard InChI is InChI=1S/C22H28N6O/c1-22(2,3)28-7-5-15(6-8-28)21(29)26-20-10-16-9-17(11-23-19(16)13-24-20)18-12-25-27(4)14-18/h9-15H,5-8H2,1-4H3,(H,24,26,29). The number of pyridine rings is 2. The van der Waals surface area contributed by atoms with Crippen molar-refractivity contribution in [2.24, 2.45) is 13.0 Å². The molecule has 0 bridgehead atoms. The van der Waals surface area contributed by atoms with Crippen molar-refractivity contribution in [2.75, 3.05) is 18.4 Å². The van der Waals surface area contributed by atoms with E-state index in [1.54, 1.807) is 10.9 Å². The molecular formula is C22H28N6O. The van der Waals surface area contributed by atoms with Gasteiger partial charge in [0.15, 0.2) is 0 Å². The number of nitrogens with one attached hydrogen (secondary N) is 1. The van der Waals surface area contributed by atoms with Gasteiger partial charge in [0.1, 0.15) is 5.82 Å². The molecule has 4 heterocycles. The smallest absolute Gasteiger partial charge is 0.228 e. The highest BCUT2D eigenvalue weighted by atomic mass is 16.1. The molecule has 0 aliphatic carbocycles. The van der Waals surface area contributed by atoms with Gasteiger partial charge in [0.05, 0.1) is 17.9 Å². The molecule has 1 saturated heterocycles. The quantitative estimate of drug-likeness (QED) is 0.738. The molecule has 152 valence electrons. The number of likely N-dealkylation sites (tertiary alicyclic amines) is 1. The van der Waals surface area contributed by atoms with Gasteiger partial charge >= 0.3 is 0 Å². The summed E-state index contributed by atoms with van der Waals surface area (Å²) in [6.07, 6.45) is 9.06. The third-order valence-electron chi connectivity index (χ3n) is 5.67. The molecule has 4 rings (SSSR count). The van der Waals surface area contributed by atoms with Gasteiger partial charge in [0, 0.05) is 47.4 Å². The van der Waals surface area contributed by atoms with Crippen molar-refractivity contribution in [2.45, 2.75) is 39.2 Å². The van der Waals surface area contributed by atoms with E-state index in [1.807, 2.05) is 31.7 Å². The molecule has 1 aliphatic rings. The van der Waals surface area contributed by atoms with Crippen LogP contribution in [-0.2, 0) is 11.8 Å². The van der Waals surface area contributed by atoms with Gasteiger partial charge in [-0.2, -0.15) is 5.10 Å². The minimum absolute atomic E-state index is 0.0333. The number of aromatic nitrogens is 4. The number of carbonyl (C=O) groups is 1. The van der Waals surface area contributed by atoms with E-state index in [4.69, 9.17) is 0 Å². The Labute approximate surface area is 171 Å². The highest BCUT2D eigenvalue weighted by molar-refractivity contribution is 5.94. The van der Waals surface area contributed by atoms with Crippen LogP contribution in [0.1, 0.15) is 33.6 Å². The zero-order chi connectivity index (χ0) is 20.6. The number of anilines is 1. The number of fused-ring (bicyclic) bond motifs is 1. The average molecular weight is 393 g/mol. The second kappa shape index (κ2) is 7.55. The zero-order valence-corrected chi connectivity index (χ0v) is 17.5. The van der Waals surface area contributed by atoms with Crippen molar-refractivity contribution in [3.63, 3.8) is 0 Å². The van der Waals surface area contributed by atoms with Crippen molar-refractivity contribution in [1.29, 1.82) is 0 Å². The van der Waals surface area contributed by atoms with E-state index in [9.17, 15) is 4.79 Å². The van der Waals surface area contributed by atoms with Crippen LogP contribution in [0.5, 0.6) is 0 Å². The summed E-state index contributed by atoms with van der Waals surface area (Å²) in [5, 5.41) is 8.17. The third-order valence-corrected chi connectivity index (χ3v) is 5.67. The minimum Gasteiger partial charge on any atom is -0.310 e. The first-order valence-corrected chi connectivity index (χ1v) is 10.1. The molecule has 7 heteroatoms. The fraction of sp³-hybridized carbons (Fsp3) is 0.455. The molecule has 1 aliphatic heterocycles. The predicted octanol–water partition coefficient (Wildman–Crippen LogP) is 3.48. The van der Waals surface area contributed by atoms with Gasteiger partial charge in [-0.1, -0.05) is 0 Å². The van der Waals surface area contributed by atoms with Crippen LogP contribution >= 0.6 is 0 Å². The van der Waals surface area contributed by atoms with Gasteiger partial charge in [-0.05, 0) is 58.8 Å². The highest BCUT2D eigenvalue weighted by Gasteiger charge is 2.30. The number of aryl methyl sites for hydroxylation is 1. The molecule has 1 amide bonds. The lowest BCUT2D eigenvalue weighted by molar-refractivity contribution is -0.121. The Morgan fingerprint density at radius 1 is 1.07 bits per heavy atom. The van der Waals surface area contributed by atoms with Gasteiger partial charge in [-0.3, -0.25) is 19.4 Å². The van der Waals surface area contributed by atoms with Crippen molar-refractivity contribution < 1.29 is 4.79 Å². The number of nitrogens with zero attached hydrogens (tertiary/aromatic N) is 5. The van der Waals surface area contributed by atoms with Crippen molar-refractivity contribution in [1.82, 2.24) is 24.6 Å². The van der Waals surface area contributed by atoms with E-state index in [0.717, 1.165) is 48.0 Å². The predicted molar refractivity (Wildman–Crippen MR) is 114 cm³/mol. The SMILES string of the molecule is Cn1cc(-c2cnc3cnc(NC(=O)C4CCN(C(C)(C)C)CC4)cc3c2)cn1. The van der Waals surface area contributed by atoms with E-state index in [2.05, 4.69) is 52.1 Å². The van der Waals surface area contributed by atoms with E-state index < -0.39 is 0 Å². The minimum atomic E-state index is 0.0333. The lowest BCUT2D eigenvalue weighted by Crippen LogP contribution is -2.47. The van der Waals surface area contributed by atoms with Crippen molar-refractivity contribution in [3.8, 4) is 11.1 Å². The van der Waals surface area contributed by atoms with Crippen molar-refractivity contribution in [3.05, 3.63) is 36.9 Å². The fourth-order valence-electron chi connectivity index (χ4n) is 3.87. The van der Waals surface area contributed by atoms with E-state index >= 15 is 0 Å². The van der Waals surface area contributed by atoms with Crippen LogP contribution in [0.3, 0.4) is 0 Å². The van der Waals surface area contributed by atoms with E-state index in [1.165, 1.54) is 0 Å². The zero-order valence-electron chi connectivity index (χ0n) is 17.5. The van der Waals surface area contributed by atoms with Gasteiger partial charge < -0.3 is 5.32 Å². The number of hydrogen-bond acceptors (Lipinski definition) is 5. The monoisotopic (exact) mass is 392 g/mol. The summed E-state index contributed by atoms with van der Waals surface area (Å²) in [5.41, 5.74) is 2.95. The highest BCUT2D eigenvalue weighted by Crippen LogP contribution is 2.26. The van der Waals surface area contributed by atoms with Gasteiger partial charge in [-0.15, -0.1) is 0 Å². The van der Waals surface area contributed by atoms with Gasteiger partial charge in [0.2, 0.25) is 5.91 Å². The van der Waals surface area contributed by atoms with Gasteiger partial charge in [-0.25, -0.2) is 4.98 Å². The first-order chi connectivity index (χ1) is 13.8. The molecule has 0 unspecified atom stereocenters. The lowest BCUT2D eigenvalue weighted by Gasteiger charge is -2.40. The Morgan fingerprint density at radius 2 is 1.83 bits per heavy atom. The van der Waals surface area contributed by atoms with Crippen LogP contribution in [0.15, 0.2) is 36.9 Å². The first-order valence-electron chi connectivity index (χ1n) is 10.1. The number of carbonyl (C=O) groups excluding carboxylic acids is 1. The Balaban J connectivity index is 1.47. The molecular weight excluding hydrogens is 364 g/mol. The largest absolute Gasteiger partial charge is 0.310 e. The molecule has 3 aromatic rings. The Hall–Kier alpha value is -2.80. The summed E-state index contributed by atoms with van der Waals surface area (Å²) < 4.78 is 1.77. The van der Waals surface area contributed by atoms with Crippen LogP contribution in [0.2, 0.25) is 0 Å². The molecule has 0 radical (unpaired) electrons. The maximum absolute atomic E-state index is 12.8. The maximum atomic E-state index is 12.8. The molecule has 7 nitrogen and oxygen atoms in total. The van der Waals surface area contributed by atoms with Crippen molar-refractivity contribution >= 4 is 22.6 Å². The van der Waals surface area contributed by atoms with Crippen LogP contribution in [-0.4, -0.2) is 49.2 Å². The van der Waals surface area contributed by atoms with Crippen LogP contribution < -0.4 is 5.32 Å². The third kappa shape index (κ3) is 4.29. The molecule has 1 N–H and O–H groups in total. The van der Waals surface area contributed by atoms with E-state index in [-0.39, 0.29) is 17.4 Å². The second-order valence-corrected chi connectivity index (χ2v) is 8.81. The number of hydrogen-bond donors (Lipinski definition) is 1. The van der Waals surface area contributed by atoms with Crippen LogP contribution in [0, 0.1) is 5.92 Å². The maximum Gasteiger partial charge on any atom is 0.228 e. The first kappa shape index (κ1) is 19.5. The summed E-state index contributed by atoms with van der Waals surface area (Å²) in [6.45, 7) is 8.57. The fourth-order valence-corrected chi connectivity index (χ4v) is 3.87. The van der Waals surface area contributed by atoms with Crippen LogP contribution in [0.4, 0.5) is 5.82 Å². The molecule has 29 heavy (non-hydrogen) atoms. The summed E-state index contributed by atoms with van der Waals surface area (Å²) in [6, 6.07) is 3.95. The molecule has 0 saturated carbocycles. The lowest BCUT2D eigenvalue weighted by atomic mass is 9.92. The molecule has 0 aromatic carbocycles. The summed E-state index contributed by atoms with van der Waals surface area (Å²) >= 11 is 0. The van der Waals surface area contributed by atoms with E-state index in [0.29, 0.717) is 5.82 Å². The Bertz CT molecular complexity index is 1030. The Morgan fingerprint density at radius 3 is 2.48 bits per heavy atom. The number of rotatable bonds is 3. The van der Waals surface area contributed by atoms with Gasteiger partial charge in [0.25, 0.3) is 0 Å². The topological polar surface area (TPSA) is 75.9 Å². The van der Waals surface area contributed by atoms with Crippen LogP contribution in [0.25, 0.3) is 22.0 Å². The number of amides is 1. The molecule has 0 spiro atoms. The summed E-state index contributed by atoms with van der Waals surface area (Å²) in [7, 11) is 1.89. The second-order valence-electron chi connectivity index (χ2n) is 8.81. The average Bonchev–Trinajstić information content (AvgIpc) is 3.13. The molecule has 0 atom stereocenters.